The van der Waals surface area contributed by atoms with E-state index in [0.29, 0.717) is 18.0 Å². The van der Waals surface area contributed by atoms with Crippen molar-refractivity contribution in [3.63, 3.8) is 0 Å². The molecular formula is C12H14ClNO2. The Labute approximate surface area is 99.6 Å². The van der Waals surface area contributed by atoms with Gasteiger partial charge in [0.2, 0.25) is 5.91 Å². The summed E-state index contributed by atoms with van der Waals surface area (Å²) in [6.07, 6.45) is 0.326. The number of halogens is 1. The van der Waals surface area contributed by atoms with Gasteiger partial charge in [0, 0.05) is 17.3 Å². The second kappa shape index (κ2) is 4.44. The minimum atomic E-state index is -0.497. The molecule has 0 radical (unpaired) electrons. The molecule has 0 bridgehead atoms. The maximum atomic E-state index is 11.8. The van der Waals surface area contributed by atoms with Crippen LogP contribution in [0.25, 0.3) is 0 Å². The number of rotatable bonds is 1. The van der Waals surface area contributed by atoms with Gasteiger partial charge in [-0.2, -0.15) is 0 Å². The summed E-state index contributed by atoms with van der Waals surface area (Å²) in [6, 6.07) is 5.51. The van der Waals surface area contributed by atoms with Crippen molar-refractivity contribution in [3.05, 3.63) is 28.8 Å². The predicted molar refractivity (Wildman–Crippen MR) is 63.8 cm³/mol. The topological polar surface area (TPSA) is 40.5 Å². The summed E-state index contributed by atoms with van der Waals surface area (Å²) in [4.78, 5) is 13.5. The molecule has 1 aliphatic rings. The standard InChI is InChI=1S/C12H14ClNO2/c1-8-2-3-9(13)6-11(8)14-5-4-10(15)7-12(14)16/h2-3,6,10,15H,4-5,7H2,1H3. The molecule has 1 unspecified atom stereocenters. The average molecular weight is 240 g/mol. The Kier molecular flexibility index (Phi) is 3.17. The number of nitrogens with zero attached hydrogens (tertiary/aromatic N) is 1. The van der Waals surface area contributed by atoms with E-state index in [2.05, 4.69) is 0 Å². The van der Waals surface area contributed by atoms with Crippen LogP contribution in [-0.4, -0.2) is 23.7 Å². The van der Waals surface area contributed by atoms with Gasteiger partial charge in [-0.15, -0.1) is 0 Å². The first-order valence-electron chi connectivity index (χ1n) is 5.32. The molecule has 3 nitrogen and oxygen atoms in total. The lowest BCUT2D eigenvalue weighted by atomic mass is 10.0. The van der Waals surface area contributed by atoms with E-state index in [9.17, 15) is 9.90 Å². The van der Waals surface area contributed by atoms with Gasteiger partial charge in [-0.3, -0.25) is 4.79 Å². The lowest BCUT2D eigenvalue weighted by Crippen LogP contribution is -2.41. The number of aryl methyl sites for hydroxylation is 1. The van der Waals surface area contributed by atoms with E-state index in [1.54, 1.807) is 11.0 Å². The molecule has 1 aromatic rings. The Bertz CT molecular complexity index is 419. The molecular weight excluding hydrogens is 226 g/mol. The van der Waals surface area contributed by atoms with Gasteiger partial charge < -0.3 is 10.0 Å². The van der Waals surface area contributed by atoms with Crippen molar-refractivity contribution in [1.82, 2.24) is 0 Å². The third kappa shape index (κ3) is 2.20. The van der Waals surface area contributed by atoms with Crippen LogP contribution in [-0.2, 0) is 4.79 Å². The number of carbonyl (C=O) groups is 1. The van der Waals surface area contributed by atoms with Crippen molar-refractivity contribution in [2.24, 2.45) is 0 Å². The van der Waals surface area contributed by atoms with Crippen LogP contribution in [0.1, 0.15) is 18.4 Å². The van der Waals surface area contributed by atoms with Crippen LogP contribution >= 0.6 is 11.6 Å². The highest BCUT2D eigenvalue weighted by Gasteiger charge is 2.26. The fourth-order valence-corrected chi connectivity index (χ4v) is 2.11. The second-order valence-electron chi connectivity index (χ2n) is 4.12. The van der Waals surface area contributed by atoms with E-state index >= 15 is 0 Å². The first-order chi connectivity index (χ1) is 7.58. The zero-order chi connectivity index (χ0) is 11.7. The highest BCUT2D eigenvalue weighted by molar-refractivity contribution is 6.31. The molecule has 1 aliphatic heterocycles. The molecule has 1 atom stereocenters. The van der Waals surface area contributed by atoms with Gasteiger partial charge in [0.1, 0.15) is 0 Å². The van der Waals surface area contributed by atoms with Crippen molar-refractivity contribution >= 4 is 23.2 Å². The molecule has 1 saturated heterocycles. The summed E-state index contributed by atoms with van der Waals surface area (Å²) in [5.74, 6) is -0.0379. The number of hydrogen-bond acceptors (Lipinski definition) is 2. The first kappa shape index (κ1) is 11.4. The van der Waals surface area contributed by atoms with Gasteiger partial charge in [0.15, 0.2) is 0 Å². The highest BCUT2D eigenvalue weighted by Crippen LogP contribution is 2.27. The fourth-order valence-electron chi connectivity index (χ4n) is 1.94. The minimum Gasteiger partial charge on any atom is -0.393 e. The Morgan fingerprint density at radius 1 is 1.50 bits per heavy atom. The quantitative estimate of drug-likeness (QED) is 0.816. The van der Waals surface area contributed by atoms with Crippen LogP contribution in [0.5, 0.6) is 0 Å². The summed E-state index contributed by atoms with van der Waals surface area (Å²) >= 11 is 5.93. The van der Waals surface area contributed by atoms with Crippen LogP contribution in [0.3, 0.4) is 0 Å². The van der Waals surface area contributed by atoms with E-state index in [1.165, 1.54) is 0 Å². The molecule has 0 saturated carbocycles. The Morgan fingerprint density at radius 2 is 2.25 bits per heavy atom. The maximum Gasteiger partial charge on any atom is 0.229 e. The molecule has 2 rings (SSSR count). The van der Waals surface area contributed by atoms with E-state index in [0.717, 1.165) is 11.3 Å². The normalized spacial score (nSPS) is 21.3. The van der Waals surface area contributed by atoms with Crippen LogP contribution in [0.2, 0.25) is 5.02 Å². The number of amides is 1. The van der Waals surface area contributed by atoms with Crippen molar-refractivity contribution in [1.29, 1.82) is 0 Å². The first-order valence-corrected chi connectivity index (χ1v) is 5.70. The SMILES string of the molecule is Cc1ccc(Cl)cc1N1CCC(O)CC1=O. The molecule has 16 heavy (non-hydrogen) atoms. The molecule has 0 aliphatic carbocycles. The number of piperidine rings is 1. The van der Waals surface area contributed by atoms with E-state index in [4.69, 9.17) is 11.6 Å². The smallest absolute Gasteiger partial charge is 0.229 e. The second-order valence-corrected chi connectivity index (χ2v) is 4.56. The van der Waals surface area contributed by atoms with E-state index < -0.39 is 6.10 Å². The lowest BCUT2D eigenvalue weighted by molar-refractivity contribution is -0.122. The zero-order valence-electron chi connectivity index (χ0n) is 9.11. The Balaban J connectivity index is 2.30. The number of anilines is 1. The summed E-state index contributed by atoms with van der Waals surface area (Å²) in [5, 5.41) is 10.0. The van der Waals surface area contributed by atoms with Crippen molar-refractivity contribution in [2.75, 3.05) is 11.4 Å². The number of carbonyl (C=O) groups excluding carboxylic acids is 1. The van der Waals surface area contributed by atoms with Gasteiger partial charge in [0.25, 0.3) is 0 Å². The lowest BCUT2D eigenvalue weighted by Gasteiger charge is -2.30. The van der Waals surface area contributed by atoms with Crippen molar-refractivity contribution in [3.8, 4) is 0 Å². The number of hydrogen-bond donors (Lipinski definition) is 1. The Morgan fingerprint density at radius 3 is 2.94 bits per heavy atom. The third-order valence-electron chi connectivity index (χ3n) is 2.86. The summed E-state index contributed by atoms with van der Waals surface area (Å²) < 4.78 is 0. The molecule has 4 heteroatoms. The molecule has 1 fully saturated rings. The predicted octanol–water partition coefficient (Wildman–Crippen LogP) is 2.14. The zero-order valence-corrected chi connectivity index (χ0v) is 9.87. The van der Waals surface area contributed by atoms with Crippen molar-refractivity contribution < 1.29 is 9.90 Å². The van der Waals surface area contributed by atoms with Crippen LogP contribution in [0.15, 0.2) is 18.2 Å². The van der Waals surface area contributed by atoms with Crippen molar-refractivity contribution in [2.45, 2.75) is 25.9 Å². The van der Waals surface area contributed by atoms with E-state index in [1.807, 2.05) is 19.1 Å². The fraction of sp³-hybridized carbons (Fsp3) is 0.417. The summed E-state index contributed by atoms with van der Waals surface area (Å²) in [6.45, 7) is 2.51. The molecule has 1 heterocycles. The average Bonchev–Trinajstić information content (AvgIpc) is 2.22. The monoisotopic (exact) mass is 239 g/mol. The molecule has 1 amide bonds. The van der Waals surface area contributed by atoms with Gasteiger partial charge in [-0.05, 0) is 31.0 Å². The number of aliphatic hydroxyl groups excluding tert-OH is 1. The molecule has 1 N–H and O–H groups in total. The van der Waals surface area contributed by atoms with Crippen LogP contribution in [0.4, 0.5) is 5.69 Å². The third-order valence-corrected chi connectivity index (χ3v) is 3.09. The number of aliphatic hydroxyl groups is 1. The largest absolute Gasteiger partial charge is 0.393 e. The molecule has 1 aromatic carbocycles. The van der Waals surface area contributed by atoms with Gasteiger partial charge in [-0.1, -0.05) is 17.7 Å². The van der Waals surface area contributed by atoms with Gasteiger partial charge in [-0.25, -0.2) is 0 Å². The molecule has 0 spiro atoms. The minimum absolute atomic E-state index is 0.0379. The maximum absolute atomic E-state index is 11.8. The van der Waals surface area contributed by atoms with Gasteiger partial charge >= 0.3 is 0 Å². The molecule has 86 valence electrons. The summed E-state index contributed by atoms with van der Waals surface area (Å²) in [5.41, 5.74) is 1.87. The van der Waals surface area contributed by atoms with Crippen LogP contribution < -0.4 is 4.90 Å². The van der Waals surface area contributed by atoms with Gasteiger partial charge in [0.05, 0.1) is 12.5 Å². The molecule has 0 aromatic heterocycles. The van der Waals surface area contributed by atoms with E-state index in [-0.39, 0.29) is 12.3 Å². The Hall–Kier alpha value is -1.06. The summed E-state index contributed by atoms with van der Waals surface area (Å²) in [7, 11) is 0. The van der Waals surface area contributed by atoms with Crippen LogP contribution in [0, 0.1) is 6.92 Å². The number of benzene rings is 1. The highest BCUT2D eigenvalue weighted by atomic mass is 35.5.